The molecule has 0 aliphatic carbocycles. The average molecular weight is 334 g/mol. The van der Waals surface area contributed by atoms with Gasteiger partial charge in [0.15, 0.2) is 0 Å². The lowest BCUT2D eigenvalue weighted by molar-refractivity contribution is -0.125. The lowest BCUT2D eigenvalue weighted by Gasteiger charge is -2.24. The molecule has 1 fully saturated rings. The van der Waals surface area contributed by atoms with Crippen LogP contribution in [0.3, 0.4) is 0 Å². The predicted octanol–water partition coefficient (Wildman–Crippen LogP) is 2.00. The van der Waals surface area contributed by atoms with Gasteiger partial charge in [-0.2, -0.15) is 0 Å². The van der Waals surface area contributed by atoms with E-state index in [0.717, 1.165) is 25.1 Å². The number of benzene rings is 1. The second kappa shape index (κ2) is 10.0. The van der Waals surface area contributed by atoms with Gasteiger partial charge in [0.25, 0.3) is 0 Å². The third-order valence-corrected chi connectivity index (χ3v) is 3.57. The Labute approximate surface area is 139 Å². The van der Waals surface area contributed by atoms with Gasteiger partial charge in [-0.15, -0.1) is 24.8 Å². The van der Waals surface area contributed by atoms with Crippen molar-refractivity contribution >= 4 is 30.7 Å². The molecule has 1 aromatic carbocycles. The Hall–Kier alpha value is -0.810. The van der Waals surface area contributed by atoms with E-state index in [1.807, 2.05) is 49.3 Å². The summed E-state index contributed by atoms with van der Waals surface area (Å²) in [4.78, 5) is 14.3. The van der Waals surface area contributed by atoms with Gasteiger partial charge in [-0.3, -0.25) is 9.69 Å². The van der Waals surface area contributed by atoms with Crippen LogP contribution in [-0.4, -0.2) is 44.0 Å². The molecule has 0 radical (unpaired) electrons. The Bertz CT molecular complexity index is 409. The molecule has 0 saturated carbocycles. The quantitative estimate of drug-likeness (QED) is 0.866. The van der Waals surface area contributed by atoms with Gasteiger partial charge in [0.05, 0.1) is 0 Å². The number of halogens is 2. The zero-order valence-electron chi connectivity index (χ0n) is 12.5. The van der Waals surface area contributed by atoms with Crippen LogP contribution in [0.25, 0.3) is 0 Å². The second-order valence-corrected chi connectivity index (χ2v) is 5.32. The molecule has 0 bridgehead atoms. The number of rotatable bonds is 5. The summed E-state index contributed by atoms with van der Waals surface area (Å²) in [6.45, 7) is 1.78. The van der Waals surface area contributed by atoms with Crippen LogP contribution in [0.5, 0.6) is 0 Å². The Morgan fingerprint density at radius 3 is 2.52 bits per heavy atom. The van der Waals surface area contributed by atoms with Crippen molar-refractivity contribution in [1.29, 1.82) is 0 Å². The fourth-order valence-electron chi connectivity index (χ4n) is 2.57. The Balaban J connectivity index is 0.00000200. The van der Waals surface area contributed by atoms with Gasteiger partial charge in [0.1, 0.15) is 6.04 Å². The van der Waals surface area contributed by atoms with E-state index in [4.69, 9.17) is 0 Å². The van der Waals surface area contributed by atoms with Gasteiger partial charge >= 0.3 is 0 Å². The first-order valence-electron chi connectivity index (χ1n) is 6.91. The van der Waals surface area contributed by atoms with Crippen LogP contribution >= 0.6 is 24.8 Å². The first kappa shape index (κ1) is 20.2. The van der Waals surface area contributed by atoms with Crippen LogP contribution < -0.4 is 10.6 Å². The highest BCUT2D eigenvalue weighted by Crippen LogP contribution is 2.18. The van der Waals surface area contributed by atoms with Crippen molar-refractivity contribution in [2.45, 2.75) is 24.9 Å². The van der Waals surface area contributed by atoms with Crippen molar-refractivity contribution in [3.63, 3.8) is 0 Å². The molecule has 120 valence electrons. The van der Waals surface area contributed by atoms with Crippen molar-refractivity contribution in [3.8, 4) is 0 Å². The minimum atomic E-state index is -0.220. The second-order valence-electron chi connectivity index (χ2n) is 5.32. The van der Waals surface area contributed by atoms with E-state index in [-0.39, 0.29) is 36.8 Å². The minimum absolute atomic E-state index is 0. The maximum Gasteiger partial charge on any atom is 0.241 e. The summed E-state index contributed by atoms with van der Waals surface area (Å²) in [5.41, 5.74) is 1.03. The van der Waals surface area contributed by atoms with Crippen molar-refractivity contribution in [1.82, 2.24) is 15.5 Å². The van der Waals surface area contributed by atoms with Gasteiger partial charge in [-0.1, -0.05) is 30.3 Å². The summed E-state index contributed by atoms with van der Waals surface area (Å²) >= 11 is 0. The highest BCUT2D eigenvalue weighted by atomic mass is 35.5. The Morgan fingerprint density at radius 1 is 1.33 bits per heavy atom. The number of nitrogens with one attached hydrogen (secondary N) is 2. The molecule has 1 heterocycles. The summed E-state index contributed by atoms with van der Waals surface area (Å²) in [6.07, 6.45) is 2.36. The number of amides is 1. The lowest BCUT2D eigenvalue weighted by atomic mass is 10.1. The minimum Gasteiger partial charge on any atom is -0.353 e. The predicted molar refractivity (Wildman–Crippen MR) is 91.4 cm³/mol. The number of nitrogens with zero attached hydrogens (tertiary/aromatic N) is 1. The van der Waals surface area contributed by atoms with E-state index in [0.29, 0.717) is 6.04 Å². The molecule has 2 atom stereocenters. The fourth-order valence-corrected chi connectivity index (χ4v) is 2.57. The molecule has 1 aliphatic heterocycles. The standard InChI is InChI=1S/C15H23N3O.2ClH/c1-18(2)14(12-7-4-3-5-8-12)15(19)17-11-13-9-6-10-16-13;;/h3-5,7-8,13-14,16H,6,9-11H2,1-2H3,(H,17,19);2*1H. The molecule has 4 nitrogen and oxygen atoms in total. The highest BCUT2D eigenvalue weighted by Gasteiger charge is 2.23. The molecule has 1 aliphatic rings. The van der Waals surface area contributed by atoms with Crippen LogP contribution in [0.2, 0.25) is 0 Å². The van der Waals surface area contributed by atoms with Gasteiger partial charge in [0, 0.05) is 12.6 Å². The summed E-state index contributed by atoms with van der Waals surface area (Å²) < 4.78 is 0. The summed E-state index contributed by atoms with van der Waals surface area (Å²) in [5, 5.41) is 6.45. The zero-order chi connectivity index (χ0) is 13.7. The van der Waals surface area contributed by atoms with Gasteiger partial charge in [0.2, 0.25) is 5.91 Å². The van der Waals surface area contributed by atoms with E-state index >= 15 is 0 Å². The van der Waals surface area contributed by atoms with E-state index in [9.17, 15) is 4.79 Å². The molecule has 0 aromatic heterocycles. The topological polar surface area (TPSA) is 44.4 Å². The van der Waals surface area contributed by atoms with Crippen molar-refractivity contribution in [3.05, 3.63) is 35.9 Å². The number of carbonyl (C=O) groups excluding carboxylic acids is 1. The van der Waals surface area contributed by atoms with Crippen LogP contribution in [0.15, 0.2) is 30.3 Å². The SMILES string of the molecule is CN(C)C(C(=O)NCC1CCCN1)c1ccccc1.Cl.Cl. The van der Waals surface area contributed by atoms with Crippen molar-refractivity contribution in [2.24, 2.45) is 0 Å². The van der Waals surface area contributed by atoms with Crippen LogP contribution in [-0.2, 0) is 4.79 Å². The normalized spacial score (nSPS) is 18.5. The van der Waals surface area contributed by atoms with Crippen LogP contribution in [0.4, 0.5) is 0 Å². The number of hydrogen-bond acceptors (Lipinski definition) is 3. The van der Waals surface area contributed by atoms with Gasteiger partial charge in [-0.05, 0) is 39.0 Å². The van der Waals surface area contributed by atoms with E-state index in [1.54, 1.807) is 0 Å². The monoisotopic (exact) mass is 333 g/mol. The molecule has 21 heavy (non-hydrogen) atoms. The molecule has 2 rings (SSSR count). The van der Waals surface area contributed by atoms with E-state index < -0.39 is 0 Å². The van der Waals surface area contributed by atoms with Crippen LogP contribution in [0, 0.1) is 0 Å². The third kappa shape index (κ3) is 5.83. The van der Waals surface area contributed by atoms with Gasteiger partial charge < -0.3 is 10.6 Å². The zero-order valence-corrected chi connectivity index (χ0v) is 14.2. The summed E-state index contributed by atoms with van der Waals surface area (Å²) in [5.74, 6) is 0.0740. The van der Waals surface area contributed by atoms with E-state index in [1.165, 1.54) is 6.42 Å². The molecule has 2 N–H and O–H groups in total. The summed E-state index contributed by atoms with van der Waals surface area (Å²) in [7, 11) is 3.87. The van der Waals surface area contributed by atoms with Crippen molar-refractivity contribution < 1.29 is 4.79 Å². The number of hydrogen-bond donors (Lipinski definition) is 2. The smallest absolute Gasteiger partial charge is 0.241 e. The highest BCUT2D eigenvalue weighted by molar-refractivity contribution is 5.85. The molecule has 1 aromatic rings. The molecular formula is C15H25Cl2N3O. The Morgan fingerprint density at radius 2 is 2.00 bits per heavy atom. The van der Waals surface area contributed by atoms with Gasteiger partial charge in [-0.25, -0.2) is 0 Å². The molecular weight excluding hydrogens is 309 g/mol. The molecule has 6 heteroatoms. The number of likely N-dealkylation sites (N-methyl/N-ethyl adjacent to an activating group) is 1. The number of carbonyl (C=O) groups is 1. The first-order chi connectivity index (χ1) is 9.18. The largest absolute Gasteiger partial charge is 0.353 e. The Kier molecular flexibility index (Phi) is 9.62. The fraction of sp³-hybridized carbons (Fsp3) is 0.533. The van der Waals surface area contributed by atoms with Crippen LogP contribution in [0.1, 0.15) is 24.4 Å². The van der Waals surface area contributed by atoms with E-state index in [2.05, 4.69) is 10.6 Å². The van der Waals surface area contributed by atoms with Crippen molar-refractivity contribution in [2.75, 3.05) is 27.2 Å². The third-order valence-electron chi connectivity index (χ3n) is 3.57. The molecule has 2 unspecified atom stereocenters. The maximum atomic E-state index is 12.4. The molecule has 0 spiro atoms. The average Bonchev–Trinajstić information content (AvgIpc) is 2.90. The first-order valence-corrected chi connectivity index (χ1v) is 6.91. The summed E-state index contributed by atoms with van der Waals surface area (Å²) in [6, 6.07) is 10.1. The maximum absolute atomic E-state index is 12.4. The molecule has 1 saturated heterocycles. The lowest BCUT2D eigenvalue weighted by Crippen LogP contribution is -2.42. The molecule has 1 amide bonds.